The minimum Gasteiger partial charge on any atom is -0.384 e. The number of carbonyl (C=O) groups is 1. The number of nitrogens with zero attached hydrogens (tertiary/aromatic N) is 3. The fourth-order valence-corrected chi connectivity index (χ4v) is 1.99. The Morgan fingerprint density at radius 1 is 1.29 bits per heavy atom. The van der Waals surface area contributed by atoms with E-state index in [2.05, 4.69) is 27.9 Å². The molecule has 0 bridgehead atoms. The second-order valence-electron chi connectivity index (χ2n) is 4.75. The molecular weight excluding hydrogens is 266 g/mol. The lowest BCUT2D eigenvalue weighted by molar-refractivity contribution is 0.0953. The van der Waals surface area contributed by atoms with Gasteiger partial charge in [-0.05, 0) is 25.0 Å². The maximum atomic E-state index is 12.2. The van der Waals surface area contributed by atoms with E-state index in [-0.39, 0.29) is 5.91 Å². The predicted molar refractivity (Wildman–Crippen MR) is 82.2 cm³/mol. The van der Waals surface area contributed by atoms with Gasteiger partial charge in [-0.3, -0.25) is 9.48 Å². The molecule has 6 nitrogen and oxygen atoms in total. The van der Waals surface area contributed by atoms with Crippen molar-refractivity contribution in [2.75, 3.05) is 18.4 Å². The summed E-state index contributed by atoms with van der Waals surface area (Å²) in [6.07, 6.45) is 5.30. The van der Waals surface area contributed by atoms with Crippen LogP contribution in [0.25, 0.3) is 0 Å². The first-order valence-electron chi connectivity index (χ1n) is 7.26. The minimum atomic E-state index is -0.0483. The number of amides is 1. The van der Waals surface area contributed by atoms with E-state index in [9.17, 15) is 4.79 Å². The van der Waals surface area contributed by atoms with E-state index in [4.69, 9.17) is 0 Å². The van der Waals surface area contributed by atoms with Gasteiger partial charge in [-0.25, -0.2) is 0 Å². The zero-order valence-electron chi connectivity index (χ0n) is 12.2. The number of carbonyl (C=O) groups excluding carboxylic acids is 1. The maximum Gasteiger partial charge on any atom is 0.253 e. The van der Waals surface area contributed by atoms with Crippen LogP contribution in [0.2, 0.25) is 0 Å². The van der Waals surface area contributed by atoms with E-state index in [0.29, 0.717) is 12.1 Å². The molecule has 2 aromatic rings. The Hall–Kier alpha value is -2.37. The first kappa shape index (κ1) is 15.0. The molecule has 1 aromatic heterocycles. The summed E-state index contributed by atoms with van der Waals surface area (Å²) in [5.41, 5.74) is 1.57. The van der Waals surface area contributed by atoms with Gasteiger partial charge in [0.1, 0.15) is 0 Å². The van der Waals surface area contributed by atoms with Crippen molar-refractivity contribution in [2.24, 2.45) is 0 Å². The van der Waals surface area contributed by atoms with Crippen LogP contribution in [0.3, 0.4) is 0 Å². The quantitative estimate of drug-likeness (QED) is 0.728. The van der Waals surface area contributed by atoms with E-state index in [1.54, 1.807) is 10.9 Å². The molecule has 0 atom stereocenters. The summed E-state index contributed by atoms with van der Waals surface area (Å²) in [4.78, 5) is 12.2. The molecule has 2 rings (SSSR count). The molecule has 0 radical (unpaired) electrons. The average Bonchev–Trinajstić information content (AvgIpc) is 3.03. The zero-order valence-corrected chi connectivity index (χ0v) is 12.2. The fraction of sp³-hybridized carbons (Fsp3) is 0.400. The molecule has 0 saturated heterocycles. The van der Waals surface area contributed by atoms with Crippen molar-refractivity contribution in [2.45, 2.75) is 26.3 Å². The molecule has 0 aliphatic carbocycles. The van der Waals surface area contributed by atoms with Crippen molar-refractivity contribution in [3.63, 3.8) is 0 Å². The van der Waals surface area contributed by atoms with Crippen LogP contribution in [0, 0.1) is 0 Å². The molecule has 6 heteroatoms. The van der Waals surface area contributed by atoms with Gasteiger partial charge in [-0.1, -0.05) is 24.3 Å². The number of aryl methyl sites for hydroxylation is 1. The van der Waals surface area contributed by atoms with Crippen LogP contribution in [0.4, 0.5) is 5.69 Å². The number of anilines is 1. The summed E-state index contributed by atoms with van der Waals surface area (Å²) < 4.78 is 1.75. The van der Waals surface area contributed by atoms with Crippen LogP contribution in [0.5, 0.6) is 0 Å². The van der Waals surface area contributed by atoms with E-state index in [1.807, 2.05) is 30.5 Å². The van der Waals surface area contributed by atoms with Gasteiger partial charge >= 0.3 is 0 Å². The van der Waals surface area contributed by atoms with Crippen LogP contribution in [0.1, 0.15) is 30.1 Å². The van der Waals surface area contributed by atoms with Crippen LogP contribution in [-0.4, -0.2) is 34.0 Å². The second-order valence-corrected chi connectivity index (χ2v) is 4.75. The van der Waals surface area contributed by atoms with E-state index in [1.165, 1.54) is 0 Å². The second kappa shape index (κ2) is 8.04. The summed E-state index contributed by atoms with van der Waals surface area (Å²) in [5, 5.41) is 13.8. The third kappa shape index (κ3) is 4.59. The number of hydrogen-bond donors (Lipinski definition) is 2. The fourth-order valence-electron chi connectivity index (χ4n) is 1.99. The molecule has 0 spiro atoms. The third-order valence-electron chi connectivity index (χ3n) is 3.06. The molecule has 1 heterocycles. The molecule has 1 amide bonds. The summed E-state index contributed by atoms with van der Waals surface area (Å²) in [6, 6.07) is 7.58. The highest BCUT2D eigenvalue weighted by Crippen LogP contribution is 2.14. The van der Waals surface area contributed by atoms with Crippen molar-refractivity contribution in [3.8, 4) is 0 Å². The highest BCUT2D eigenvalue weighted by Gasteiger charge is 2.09. The molecule has 1 aromatic carbocycles. The molecule has 2 N–H and O–H groups in total. The lowest BCUT2D eigenvalue weighted by atomic mass is 10.1. The first-order chi connectivity index (χ1) is 10.3. The van der Waals surface area contributed by atoms with Crippen LogP contribution < -0.4 is 10.6 Å². The van der Waals surface area contributed by atoms with Crippen molar-refractivity contribution >= 4 is 11.6 Å². The van der Waals surface area contributed by atoms with E-state index >= 15 is 0 Å². The van der Waals surface area contributed by atoms with Gasteiger partial charge < -0.3 is 10.6 Å². The standard InChI is InChI=1S/C15H21N5O/c1-2-8-16-14-7-4-3-6-13(14)15(21)17-9-5-11-20-12-10-18-19-20/h3-4,6-7,10,12,16H,2,5,8-9,11H2,1H3,(H,17,21). The first-order valence-corrected chi connectivity index (χ1v) is 7.26. The zero-order chi connectivity index (χ0) is 14.9. The van der Waals surface area contributed by atoms with Crippen molar-refractivity contribution in [1.82, 2.24) is 20.3 Å². The Balaban J connectivity index is 1.82. The van der Waals surface area contributed by atoms with E-state index < -0.39 is 0 Å². The summed E-state index contributed by atoms with van der Waals surface area (Å²) in [6.45, 7) is 4.31. The van der Waals surface area contributed by atoms with Gasteiger partial charge in [0.15, 0.2) is 0 Å². The van der Waals surface area contributed by atoms with Gasteiger partial charge in [0.05, 0.1) is 11.8 Å². The molecule has 0 aliphatic heterocycles. The number of benzene rings is 1. The molecule has 0 unspecified atom stereocenters. The Morgan fingerprint density at radius 2 is 2.14 bits per heavy atom. The lowest BCUT2D eigenvalue weighted by Gasteiger charge is -2.11. The van der Waals surface area contributed by atoms with Crippen molar-refractivity contribution in [1.29, 1.82) is 0 Å². The number of para-hydroxylation sites is 1. The van der Waals surface area contributed by atoms with Crippen LogP contribution >= 0.6 is 0 Å². The Labute approximate surface area is 124 Å². The monoisotopic (exact) mass is 287 g/mol. The summed E-state index contributed by atoms with van der Waals surface area (Å²) >= 11 is 0. The number of rotatable bonds is 8. The van der Waals surface area contributed by atoms with Crippen molar-refractivity contribution in [3.05, 3.63) is 42.2 Å². The molecule has 112 valence electrons. The van der Waals surface area contributed by atoms with Gasteiger partial charge in [-0.2, -0.15) is 0 Å². The molecule has 0 aliphatic rings. The molecule has 0 fully saturated rings. The number of aromatic nitrogens is 3. The highest BCUT2D eigenvalue weighted by molar-refractivity contribution is 5.99. The third-order valence-corrected chi connectivity index (χ3v) is 3.06. The Morgan fingerprint density at radius 3 is 2.90 bits per heavy atom. The minimum absolute atomic E-state index is 0.0483. The topological polar surface area (TPSA) is 71.8 Å². The van der Waals surface area contributed by atoms with Crippen LogP contribution in [0.15, 0.2) is 36.7 Å². The van der Waals surface area contributed by atoms with Gasteiger partial charge in [-0.15, -0.1) is 5.10 Å². The normalized spacial score (nSPS) is 10.3. The van der Waals surface area contributed by atoms with Gasteiger partial charge in [0, 0.05) is 31.5 Å². The van der Waals surface area contributed by atoms with Gasteiger partial charge in [0.2, 0.25) is 0 Å². The van der Waals surface area contributed by atoms with Crippen LogP contribution in [-0.2, 0) is 6.54 Å². The van der Waals surface area contributed by atoms with Gasteiger partial charge in [0.25, 0.3) is 5.91 Å². The summed E-state index contributed by atoms with van der Waals surface area (Å²) in [7, 11) is 0. The largest absolute Gasteiger partial charge is 0.384 e. The highest BCUT2D eigenvalue weighted by atomic mass is 16.1. The number of hydrogen-bond acceptors (Lipinski definition) is 4. The van der Waals surface area contributed by atoms with Crippen molar-refractivity contribution < 1.29 is 4.79 Å². The predicted octanol–water partition coefficient (Wildman–Crippen LogP) is 1.92. The van der Waals surface area contributed by atoms with E-state index in [0.717, 1.165) is 31.6 Å². The lowest BCUT2D eigenvalue weighted by Crippen LogP contribution is -2.26. The number of nitrogens with one attached hydrogen (secondary N) is 2. The molecule has 21 heavy (non-hydrogen) atoms. The molecular formula is C15H21N5O. The molecule has 0 saturated carbocycles. The SMILES string of the molecule is CCCNc1ccccc1C(=O)NCCCn1ccnn1. The smallest absolute Gasteiger partial charge is 0.253 e. The summed E-state index contributed by atoms with van der Waals surface area (Å²) in [5.74, 6) is -0.0483. The average molecular weight is 287 g/mol. The Bertz CT molecular complexity index is 553. The Kier molecular flexibility index (Phi) is 5.75. The maximum absolute atomic E-state index is 12.2.